The Bertz CT molecular complexity index is 1600. The van der Waals surface area contributed by atoms with Crippen molar-refractivity contribution in [1.82, 2.24) is 0 Å². The van der Waals surface area contributed by atoms with Crippen LogP contribution in [0, 0.1) is 11.6 Å². The SMILES string of the molecule is CS(=O)(=O)N(CCO)c1ccc(-c2ccc(C3CC(C(O)(C(F)(F)F)C(F)(F)F)=NN3c3ccc(F)cc3F)cc2)cc1. The summed E-state index contributed by atoms with van der Waals surface area (Å²) in [7, 11) is -3.69. The quantitative estimate of drug-likeness (QED) is 0.316. The predicted molar refractivity (Wildman–Crippen MR) is 142 cm³/mol. The molecule has 0 aromatic heterocycles. The summed E-state index contributed by atoms with van der Waals surface area (Å²) in [6, 6.07) is 12.2. The molecule has 1 aliphatic heterocycles. The minimum absolute atomic E-state index is 0.0979. The van der Waals surface area contributed by atoms with Crippen LogP contribution in [0.4, 0.5) is 46.5 Å². The number of rotatable bonds is 8. The van der Waals surface area contributed by atoms with Crippen molar-refractivity contribution in [2.75, 3.05) is 28.7 Å². The Hall–Kier alpha value is -3.76. The molecule has 2 N–H and O–H groups in total. The Balaban J connectivity index is 1.71. The van der Waals surface area contributed by atoms with Gasteiger partial charge in [0.25, 0.3) is 5.60 Å². The van der Waals surface area contributed by atoms with Gasteiger partial charge in [-0.25, -0.2) is 17.2 Å². The lowest BCUT2D eigenvalue weighted by Gasteiger charge is -2.32. The molecule has 4 rings (SSSR count). The van der Waals surface area contributed by atoms with Gasteiger partial charge in [0.15, 0.2) is 5.82 Å². The first-order valence-corrected chi connectivity index (χ1v) is 14.2. The highest BCUT2D eigenvalue weighted by Gasteiger charge is 2.74. The van der Waals surface area contributed by atoms with Crippen LogP contribution in [0.5, 0.6) is 0 Å². The summed E-state index contributed by atoms with van der Waals surface area (Å²) in [5.41, 5.74) is -6.23. The second-order valence-electron chi connectivity index (χ2n) is 9.64. The number of benzene rings is 3. The second-order valence-corrected chi connectivity index (χ2v) is 11.5. The number of hydrogen-bond donors (Lipinski definition) is 2. The molecular weight excluding hydrogens is 614 g/mol. The van der Waals surface area contributed by atoms with E-state index in [1.54, 1.807) is 12.1 Å². The van der Waals surface area contributed by atoms with Crippen LogP contribution >= 0.6 is 0 Å². The first kappa shape index (κ1) is 32.2. The molecule has 16 heteroatoms. The average molecular weight is 638 g/mol. The summed E-state index contributed by atoms with van der Waals surface area (Å²) < 4.78 is 135. The van der Waals surface area contributed by atoms with Crippen molar-refractivity contribution in [3.05, 3.63) is 83.9 Å². The van der Waals surface area contributed by atoms with Gasteiger partial charge >= 0.3 is 12.4 Å². The third kappa shape index (κ3) is 6.17. The first-order valence-electron chi connectivity index (χ1n) is 12.4. The molecule has 0 radical (unpaired) electrons. The standard InChI is InChI=1S/C27H23F8N3O4S/c1-43(41,42)37(12-13-39)20-9-6-17(7-10-20)16-2-4-18(5-3-16)23-15-24(25(40,26(30,31)32)27(33,34)35)36-38(23)22-11-8-19(28)14-21(22)29/h2-11,14,23,39-40H,12-13,15H2,1H3. The van der Waals surface area contributed by atoms with E-state index in [9.17, 15) is 53.8 Å². The lowest BCUT2D eigenvalue weighted by Crippen LogP contribution is -2.62. The van der Waals surface area contributed by atoms with E-state index in [0.717, 1.165) is 22.7 Å². The topological polar surface area (TPSA) is 93.4 Å². The van der Waals surface area contributed by atoms with Gasteiger partial charge in [-0.2, -0.15) is 31.4 Å². The zero-order valence-corrected chi connectivity index (χ0v) is 22.9. The molecular formula is C27H23F8N3O4S. The van der Waals surface area contributed by atoms with Crippen molar-refractivity contribution in [3.63, 3.8) is 0 Å². The normalized spacial score (nSPS) is 16.4. The molecule has 0 saturated heterocycles. The van der Waals surface area contributed by atoms with Crippen LogP contribution in [-0.2, 0) is 10.0 Å². The number of nitrogens with zero attached hydrogens (tertiary/aromatic N) is 3. The van der Waals surface area contributed by atoms with Gasteiger partial charge < -0.3 is 10.2 Å². The van der Waals surface area contributed by atoms with Crippen LogP contribution in [-0.4, -0.2) is 61.7 Å². The van der Waals surface area contributed by atoms with E-state index in [1.807, 2.05) is 0 Å². The third-order valence-corrected chi connectivity index (χ3v) is 7.99. The van der Waals surface area contributed by atoms with E-state index >= 15 is 0 Å². The number of aliphatic hydroxyl groups is 2. The van der Waals surface area contributed by atoms with Gasteiger partial charge in [-0.3, -0.25) is 9.31 Å². The summed E-state index contributed by atoms with van der Waals surface area (Å²) in [4.78, 5) is 0. The molecule has 0 fully saturated rings. The van der Waals surface area contributed by atoms with Gasteiger partial charge in [0.1, 0.15) is 5.82 Å². The highest BCUT2D eigenvalue weighted by molar-refractivity contribution is 7.92. The van der Waals surface area contributed by atoms with Crippen molar-refractivity contribution in [3.8, 4) is 11.1 Å². The van der Waals surface area contributed by atoms with Crippen molar-refractivity contribution in [1.29, 1.82) is 0 Å². The van der Waals surface area contributed by atoms with E-state index in [2.05, 4.69) is 5.10 Å². The molecule has 0 amide bonds. The van der Waals surface area contributed by atoms with Gasteiger partial charge in [-0.05, 0) is 41.0 Å². The average Bonchev–Trinajstić information content (AvgIpc) is 3.35. The van der Waals surface area contributed by atoms with Crippen LogP contribution in [0.25, 0.3) is 11.1 Å². The zero-order chi connectivity index (χ0) is 32.0. The Kier molecular flexibility index (Phi) is 8.52. The maximum absolute atomic E-state index is 14.7. The number of anilines is 2. The molecule has 1 aliphatic rings. The molecule has 43 heavy (non-hydrogen) atoms. The largest absolute Gasteiger partial charge is 0.431 e. The molecule has 0 saturated carbocycles. The number of hydrogen-bond acceptors (Lipinski definition) is 6. The number of halogens is 8. The summed E-state index contributed by atoms with van der Waals surface area (Å²) in [6.45, 7) is -0.605. The number of hydrazone groups is 1. The van der Waals surface area contributed by atoms with Crippen molar-refractivity contribution < 1.29 is 53.8 Å². The molecule has 0 aliphatic carbocycles. The Morgan fingerprint density at radius 1 is 0.907 bits per heavy atom. The molecule has 0 spiro atoms. The fraction of sp³-hybridized carbons (Fsp3) is 0.296. The molecule has 7 nitrogen and oxygen atoms in total. The van der Waals surface area contributed by atoms with Gasteiger partial charge in [0.2, 0.25) is 10.0 Å². The smallest absolute Gasteiger partial charge is 0.394 e. The van der Waals surface area contributed by atoms with E-state index < -0.39 is 70.1 Å². The minimum Gasteiger partial charge on any atom is -0.394 e. The molecule has 232 valence electrons. The van der Waals surface area contributed by atoms with Crippen LogP contribution in [0.15, 0.2) is 71.8 Å². The first-order chi connectivity index (χ1) is 19.9. The third-order valence-electron chi connectivity index (χ3n) is 6.79. The van der Waals surface area contributed by atoms with Gasteiger partial charge in [-0.1, -0.05) is 36.4 Å². The number of alkyl halides is 6. The van der Waals surface area contributed by atoms with Crippen LogP contribution in [0.1, 0.15) is 18.0 Å². The maximum Gasteiger partial charge on any atom is 0.431 e. The van der Waals surface area contributed by atoms with E-state index in [1.165, 1.54) is 36.4 Å². The van der Waals surface area contributed by atoms with Crippen LogP contribution in [0.3, 0.4) is 0 Å². The molecule has 1 heterocycles. The Morgan fingerprint density at radius 2 is 1.44 bits per heavy atom. The van der Waals surface area contributed by atoms with Gasteiger partial charge in [0.05, 0.1) is 42.5 Å². The monoisotopic (exact) mass is 637 g/mol. The second kappa shape index (κ2) is 11.4. The van der Waals surface area contributed by atoms with Crippen molar-refractivity contribution in [2.45, 2.75) is 30.4 Å². The van der Waals surface area contributed by atoms with Gasteiger partial charge in [-0.15, -0.1) is 0 Å². The molecule has 1 atom stereocenters. The predicted octanol–water partition coefficient (Wildman–Crippen LogP) is 5.55. The highest BCUT2D eigenvalue weighted by Crippen LogP contribution is 2.49. The van der Waals surface area contributed by atoms with Crippen LogP contribution in [0.2, 0.25) is 0 Å². The summed E-state index contributed by atoms with van der Waals surface area (Å²) >= 11 is 0. The highest BCUT2D eigenvalue weighted by atomic mass is 32.2. The van der Waals surface area contributed by atoms with Gasteiger partial charge in [0, 0.05) is 12.5 Å². The Labute approximate surface area is 240 Å². The minimum atomic E-state index is -6.22. The number of aliphatic hydroxyl groups excluding tert-OH is 1. The van der Waals surface area contributed by atoms with Crippen molar-refractivity contribution in [2.24, 2.45) is 5.10 Å². The summed E-state index contributed by atoms with van der Waals surface area (Å²) in [6.07, 6.45) is -12.6. The van der Waals surface area contributed by atoms with Crippen LogP contribution < -0.4 is 9.31 Å². The fourth-order valence-electron chi connectivity index (χ4n) is 4.66. The van der Waals surface area contributed by atoms with E-state index in [4.69, 9.17) is 0 Å². The molecule has 1 unspecified atom stereocenters. The van der Waals surface area contributed by atoms with Crippen molar-refractivity contribution >= 4 is 27.1 Å². The van der Waals surface area contributed by atoms with E-state index in [0.29, 0.717) is 22.2 Å². The van der Waals surface area contributed by atoms with E-state index in [-0.39, 0.29) is 17.8 Å². The fourth-order valence-corrected chi connectivity index (χ4v) is 5.58. The molecule has 3 aromatic carbocycles. The maximum atomic E-state index is 14.7. The zero-order valence-electron chi connectivity index (χ0n) is 22.0. The number of sulfonamides is 1. The lowest BCUT2D eigenvalue weighted by molar-refractivity contribution is -0.338. The molecule has 3 aromatic rings. The Morgan fingerprint density at radius 3 is 1.91 bits per heavy atom. The summed E-state index contributed by atoms with van der Waals surface area (Å²) in [5, 5.41) is 23.1. The lowest BCUT2D eigenvalue weighted by atomic mass is 9.89. The molecule has 0 bridgehead atoms. The summed E-state index contributed by atoms with van der Waals surface area (Å²) in [5.74, 6) is -2.35.